The number of hydrogen-bond donors (Lipinski definition) is 3. The van der Waals surface area contributed by atoms with Crippen molar-refractivity contribution in [2.45, 2.75) is 0 Å². The molecule has 0 atom stereocenters. The first kappa shape index (κ1) is 18.9. The standard InChI is InChI=1S/C21H17N5O4/c1-29-16-7-6-12(9-17(16)30-2)18-20(26-19(25-18)14(10-22)11-23-26)24-15-5-3-4-13(8-15)21(27)28/h3-9,11,23-24H,1-2H3,(H,27,28). The van der Waals surface area contributed by atoms with Crippen molar-refractivity contribution in [1.29, 1.82) is 5.26 Å². The third kappa shape index (κ3) is 3.16. The van der Waals surface area contributed by atoms with Gasteiger partial charge in [0.15, 0.2) is 23.0 Å². The third-order valence-corrected chi connectivity index (χ3v) is 4.61. The quantitative estimate of drug-likeness (QED) is 0.449. The molecule has 2 heterocycles. The number of anilines is 2. The number of nitrogens with zero attached hydrogens (tertiary/aromatic N) is 3. The maximum atomic E-state index is 11.3. The molecular weight excluding hydrogens is 386 g/mol. The molecule has 0 spiro atoms. The Labute approximate surface area is 171 Å². The number of hydrogen-bond acceptors (Lipinski definition) is 6. The van der Waals surface area contributed by atoms with Crippen molar-refractivity contribution in [2.24, 2.45) is 0 Å². The fourth-order valence-corrected chi connectivity index (χ4v) is 3.17. The molecule has 0 saturated carbocycles. The largest absolute Gasteiger partial charge is 0.493 e. The molecule has 9 nitrogen and oxygen atoms in total. The van der Waals surface area contributed by atoms with Crippen LogP contribution in [-0.2, 0) is 0 Å². The van der Waals surface area contributed by atoms with Gasteiger partial charge in [-0.05, 0) is 36.4 Å². The van der Waals surface area contributed by atoms with Crippen molar-refractivity contribution in [3.8, 4) is 28.8 Å². The number of aromatic carboxylic acids is 1. The Morgan fingerprint density at radius 2 is 2.00 bits per heavy atom. The number of aromatic nitrogens is 3. The first-order chi connectivity index (χ1) is 14.5. The Balaban J connectivity index is 1.88. The van der Waals surface area contributed by atoms with E-state index in [4.69, 9.17) is 9.47 Å². The van der Waals surface area contributed by atoms with Gasteiger partial charge >= 0.3 is 5.97 Å². The molecule has 9 heteroatoms. The van der Waals surface area contributed by atoms with Gasteiger partial charge in [0.2, 0.25) is 0 Å². The van der Waals surface area contributed by atoms with Crippen LogP contribution in [0, 0.1) is 11.3 Å². The smallest absolute Gasteiger partial charge is 0.335 e. The molecule has 0 amide bonds. The predicted molar refractivity (Wildman–Crippen MR) is 109 cm³/mol. The highest BCUT2D eigenvalue weighted by atomic mass is 16.5. The van der Waals surface area contributed by atoms with Crippen LogP contribution in [0.15, 0.2) is 48.7 Å². The molecule has 0 aliphatic carbocycles. The second-order valence-electron chi connectivity index (χ2n) is 6.35. The zero-order valence-electron chi connectivity index (χ0n) is 16.1. The van der Waals surface area contributed by atoms with Crippen LogP contribution in [0.4, 0.5) is 11.5 Å². The molecule has 30 heavy (non-hydrogen) atoms. The van der Waals surface area contributed by atoms with Gasteiger partial charge in [0, 0.05) is 17.4 Å². The number of carbonyl (C=O) groups is 1. The minimum atomic E-state index is -1.02. The van der Waals surface area contributed by atoms with Crippen molar-refractivity contribution in [3.05, 3.63) is 59.8 Å². The lowest BCUT2D eigenvalue weighted by molar-refractivity contribution is 0.0697. The zero-order valence-corrected chi connectivity index (χ0v) is 16.1. The SMILES string of the molecule is COc1ccc(-c2nc3c(C#N)c[nH]n3c2Nc2cccc(C(=O)O)c2)cc1OC. The number of benzene rings is 2. The number of H-pyrrole nitrogens is 1. The number of ether oxygens (including phenoxy) is 2. The molecule has 0 radical (unpaired) electrons. The van der Waals surface area contributed by atoms with Gasteiger partial charge < -0.3 is 19.9 Å². The Bertz CT molecular complexity index is 1300. The Morgan fingerprint density at radius 1 is 1.20 bits per heavy atom. The maximum Gasteiger partial charge on any atom is 0.335 e. The summed E-state index contributed by atoms with van der Waals surface area (Å²) < 4.78 is 12.3. The molecular formula is C21H17N5O4. The minimum absolute atomic E-state index is 0.151. The predicted octanol–water partition coefficient (Wildman–Crippen LogP) is 3.66. The molecule has 0 bridgehead atoms. The number of imidazole rings is 1. The van der Waals surface area contributed by atoms with E-state index >= 15 is 0 Å². The van der Waals surface area contributed by atoms with Crippen LogP contribution >= 0.6 is 0 Å². The van der Waals surface area contributed by atoms with Crippen LogP contribution in [0.25, 0.3) is 16.9 Å². The van der Waals surface area contributed by atoms with E-state index in [1.165, 1.54) is 12.1 Å². The molecule has 2 aromatic heterocycles. The number of nitriles is 1. The van der Waals surface area contributed by atoms with Crippen LogP contribution in [0.5, 0.6) is 11.5 Å². The highest BCUT2D eigenvalue weighted by molar-refractivity contribution is 5.89. The normalized spacial score (nSPS) is 10.6. The first-order valence-electron chi connectivity index (χ1n) is 8.88. The van der Waals surface area contributed by atoms with E-state index in [9.17, 15) is 15.2 Å². The summed E-state index contributed by atoms with van der Waals surface area (Å²) in [5, 5.41) is 24.9. The van der Waals surface area contributed by atoms with Crippen LogP contribution < -0.4 is 14.8 Å². The fraction of sp³-hybridized carbons (Fsp3) is 0.0952. The molecule has 0 aliphatic heterocycles. The van der Waals surface area contributed by atoms with Crippen LogP contribution in [0.2, 0.25) is 0 Å². The van der Waals surface area contributed by atoms with Crippen molar-refractivity contribution < 1.29 is 19.4 Å². The minimum Gasteiger partial charge on any atom is -0.493 e. The molecule has 0 aliphatic rings. The Kier molecular flexibility index (Phi) is 4.74. The summed E-state index contributed by atoms with van der Waals surface area (Å²) in [7, 11) is 3.10. The van der Waals surface area contributed by atoms with E-state index in [-0.39, 0.29) is 5.56 Å². The third-order valence-electron chi connectivity index (χ3n) is 4.61. The summed E-state index contributed by atoms with van der Waals surface area (Å²) in [6.45, 7) is 0. The lowest BCUT2D eigenvalue weighted by Crippen LogP contribution is -2.01. The van der Waals surface area contributed by atoms with Crippen molar-refractivity contribution >= 4 is 23.1 Å². The van der Waals surface area contributed by atoms with E-state index in [1.54, 1.807) is 49.2 Å². The highest BCUT2D eigenvalue weighted by Gasteiger charge is 2.20. The average molecular weight is 403 g/mol. The molecule has 150 valence electrons. The summed E-state index contributed by atoms with van der Waals surface area (Å²) >= 11 is 0. The summed E-state index contributed by atoms with van der Waals surface area (Å²) in [6, 6.07) is 13.9. The van der Waals surface area contributed by atoms with E-state index in [2.05, 4.69) is 21.5 Å². The first-order valence-corrected chi connectivity index (χ1v) is 8.88. The van der Waals surface area contributed by atoms with Crippen LogP contribution in [0.1, 0.15) is 15.9 Å². The number of nitrogens with one attached hydrogen (secondary N) is 2. The molecule has 4 rings (SSSR count). The summed E-state index contributed by atoms with van der Waals surface area (Å²) in [5.41, 5.74) is 2.82. The Hall–Kier alpha value is -4.45. The number of carboxylic acid groups (broad SMARTS) is 1. The number of rotatable bonds is 6. The fourth-order valence-electron chi connectivity index (χ4n) is 3.17. The highest BCUT2D eigenvalue weighted by Crippen LogP contribution is 2.37. The zero-order chi connectivity index (χ0) is 21.3. The van der Waals surface area contributed by atoms with E-state index in [1.807, 2.05) is 6.07 Å². The van der Waals surface area contributed by atoms with Crippen LogP contribution in [0.3, 0.4) is 0 Å². The topological polar surface area (TPSA) is 125 Å². The van der Waals surface area contributed by atoms with Crippen LogP contribution in [-0.4, -0.2) is 39.9 Å². The van der Waals surface area contributed by atoms with Crippen molar-refractivity contribution in [1.82, 2.24) is 14.6 Å². The molecule has 2 aromatic carbocycles. The van der Waals surface area contributed by atoms with Gasteiger partial charge in [-0.2, -0.15) is 5.26 Å². The van der Waals surface area contributed by atoms with E-state index in [0.717, 1.165) is 5.56 Å². The van der Waals surface area contributed by atoms with Crippen molar-refractivity contribution in [3.63, 3.8) is 0 Å². The second-order valence-corrected chi connectivity index (χ2v) is 6.35. The van der Waals surface area contributed by atoms with E-state index in [0.29, 0.717) is 39.9 Å². The average Bonchev–Trinajstić information content (AvgIpc) is 3.33. The second kappa shape index (κ2) is 7.52. The molecule has 3 N–H and O–H groups in total. The molecule has 0 saturated heterocycles. The van der Waals surface area contributed by atoms with Gasteiger partial charge in [0.05, 0.1) is 19.8 Å². The van der Waals surface area contributed by atoms with E-state index < -0.39 is 5.97 Å². The van der Waals surface area contributed by atoms with Gasteiger partial charge in [-0.25, -0.2) is 14.3 Å². The lowest BCUT2D eigenvalue weighted by Gasteiger charge is -2.11. The van der Waals surface area contributed by atoms with Gasteiger partial charge in [0.1, 0.15) is 17.3 Å². The lowest BCUT2D eigenvalue weighted by atomic mass is 10.1. The van der Waals surface area contributed by atoms with Gasteiger partial charge in [-0.15, -0.1) is 0 Å². The van der Waals surface area contributed by atoms with Gasteiger partial charge in [-0.3, -0.25) is 5.10 Å². The molecule has 4 aromatic rings. The van der Waals surface area contributed by atoms with Gasteiger partial charge in [-0.1, -0.05) is 6.07 Å². The molecule has 0 unspecified atom stereocenters. The number of aromatic amines is 1. The molecule has 0 fully saturated rings. The van der Waals surface area contributed by atoms with Crippen molar-refractivity contribution in [2.75, 3.05) is 19.5 Å². The van der Waals surface area contributed by atoms with Gasteiger partial charge in [0.25, 0.3) is 0 Å². The Morgan fingerprint density at radius 3 is 2.70 bits per heavy atom. The summed E-state index contributed by atoms with van der Waals surface area (Å²) in [6.07, 6.45) is 1.56. The monoisotopic (exact) mass is 403 g/mol. The number of methoxy groups -OCH3 is 2. The summed E-state index contributed by atoms with van der Waals surface area (Å²) in [4.78, 5) is 15.9. The maximum absolute atomic E-state index is 11.3. The number of carboxylic acids is 1. The summed E-state index contributed by atoms with van der Waals surface area (Å²) in [5.74, 6) is 0.628. The number of fused-ring (bicyclic) bond motifs is 1.